The van der Waals surface area contributed by atoms with Gasteiger partial charge in [0.05, 0.1) is 22.9 Å². The number of allylic oxidation sites excluding steroid dienone is 1. The Bertz CT molecular complexity index is 1300. The fraction of sp³-hybridized carbons (Fsp3) is 0.364. The number of nitrogens with zero attached hydrogens (tertiary/aromatic N) is 3. The maximum atomic E-state index is 13.8. The van der Waals surface area contributed by atoms with E-state index in [0.717, 1.165) is 39.3 Å². The zero-order valence-corrected chi connectivity index (χ0v) is 19.0. The smallest absolute Gasteiger partial charge is 0.291 e. The van der Waals surface area contributed by atoms with Crippen molar-refractivity contribution in [3.8, 4) is 0 Å². The molecule has 2 aromatic heterocycles. The summed E-state index contributed by atoms with van der Waals surface area (Å²) in [5.74, 6) is -0.478. The molecule has 34 heavy (non-hydrogen) atoms. The van der Waals surface area contributed by atoms with Gasteiger partial charge in [-0.15, -0.1) is 0 Å². The average Bonchev–Trinajstić information content (AvgIpc) is 3.26. The van der Waals surface area contributed by atoms with Crippen molar-refractivity contribution in [1.29, 1.82) is 5.41 Å². The Balaban J connectivity index is 1.75. The number of pyridine rings is 1. The maximum absolute atomic E-state index is 13.8. The Morgan fingerprint density at radius 2 is 2.09 bits per heavy atom. The highest BCUT2D eigenvalue weighted by atomic mass is 32.2. The van der Waals surface area contributed by atoms with Gasteiger partial charge < -0.3 is 0 Å². The third-order valence-corrected chi connectivity index (χ3v) is 8.40. The molecular weight excluding hydrogens is 471 g/mol. The Kier molecular flexibility index (Phi) is 5.85. The van der Waals surface area contributed by atoms with Crippen molar-refractivity contribution in [1.82, 2.24) is 19.5 Å². The van der Waals surface area contributed by atoms with Crippen LogP contribution in [0.4, 0.5) is 13.2 Å². The molecule has 0 aliphatic heterocycles. The lowest BCUT2D eigenvalue weighted by Crippen LogP contribution is -2.50. The highest BCUT2D eigenvalue weighted by Gasteiger charge is 2.51. The summed E-state index contributed by atoms with van der Waals surface area (Å²) >= 11 is 0. The third kappa shape index (κ3) is 3.90. The number of rotatable bonds is 5. The van der Waals surface area contributed by atoms with Crippen molar-refractivity contribution >= 4 is 26.9 Å². The number of aromatic amines is 1. The van der Waals surface area contributed by atoms with E-state index in [1.165, 1.54) is 7.05 Å². The predicted octanol–water partition coefficient (Wildman–Crippen LogP) is 3.61. The van der Waals surface area contributed by atoms with E-state index in [1.54, 1.807) is 6.20 Å². The lowest BCUT2D eigenvalue weighted by atomic mass is 9.60. The van der Waals surface area contributed by atoms with E-state index in [9.17, 15) is 26.4 Å². The first-order valence-electron chi connectivity index (χ1n) is 10.4. The van der Waals surface area contributed by atoms with Crippen LogP contribution in [0.3, 0.4) is 0 Å². The molecule has 2 aliphatic rings. The quantitative estimate of drug-likeness (QED) is 0.375. The lowest BCUT2D eigenvalue weighted by molar-refractivity contribution is -0.137. The van der Waals surface area contributed by atoms with E-state index in [-0.39, 0.29) is 18.5 Å². The van der Waals surface area contributed by atoms with Crippen LogP contribution in [0.25, 0.3) is 6.08 Å². The van der Waals surface area contributed by atoms with Gasteiger partial charge in [-0.25, -0.2) is 8.42 Å². The van der Waals surface area contributed by atoms with E-state index in [4.69, 9.17) is 5.41 Å². The van der Waals surface area contributed by atoms with E-state index in [0.29, 0.717) is 19.0 Å². The van der Waals surface area contributed by atoms with E-state index >= 15 is 0 Å². The number of hydrogen-bond acceptors (Lipinski definition) is 6. The predicted molar refractivity (Wildman–Crippen MR) is 119 cm³/mol. The Morgan fingerprint density at radius 3 is 2.71 bits per heavy atom. The minimum absolute atomic E-state index is 0.0884. The number of Topliss-reactive ketones (excluding diaryl/α,β-unsaturated/α-hetero) is 1. The number of alkyl halides is 3. The summed E-state index contributed by atoms with van der Waals surface area (Å²) in [5, 5.41) is 14.0. The number of aromatic nitrogens is 3. The number of carbonyl (C=O) groups is 1. The van der Waals surface area contributed by atoms with Gasteiger partial charge in [0.25, 0.3) is 10.0 Å². The van der Waals surface area contributed by atoms with Gasteiger partial charge in [-0.2, -0.15) is 22.6 Å². The number of hydrogen-bond donors (Lipinski definition) is 2. The first-order valence-corrected chi connectivity index (χ1v) is 11.8. The average molecular weight is 494 g/mol. The van der Waals surface area contributed by atoms with Gasteiger partial charge >= 0.3 is 6.18 Å². The molecule has 180 valence electrons. The summed E-state index contributed by atoms with van der Waals surface area (Å²) in [4.78, 5) is 17.6. The molecule has 0 unspecified atom stereocenters. The van der Waals surface area contributed by atoms with Crippen molar-refractivity contribution in [3.05, 3.63) is 65.3 Å². The topological polar surface area (TPSA) is 120 Å². The number of sulfonamides is 1. The molecule has 1 fully saturated rings. The molecule has 0 spiro atoms. The Labute approximate surface area is 194 Å². The maximum Gasteiger partial charge on any atom is 0.417 e. The van der Waals surface area contributed by atoms with Gasteiger partial charge in [-0.1, -0.05) is 12.2 Å². The molecule has 8 nitrogen and oxygen atoms in total. The van der Waals surface area contributed by atoms with Crippen LogP contribution in [0.5, 0.6) is 0 Å². The molecule has 2 aliphatic carbocycles. The zero-order chi connectivity index (χ0) is 24.9. The highest BCUT2D eigenvalue weighted by Crippen LogP contribution is 2.50. The molecule has 0 radical (unpaired) electrons. The molecule has 0 amide bonds. The number of fused-ring (bicyclic) bond motifs is 2. The molecule has 2 heterocycles. The summed E-state index contributed by atoms with van der Waals surface area (Å²) < 4.78 is 65.5. The Hall–Kier alpha value is -3.12. The van der Waals surface area contributed by atoms with Gasteiger partial charge in [-0.3, -0.25) is 20.3 Å². The van der Waals surface area contributed by atoms with Crippen molar-refractivity contribution in [3.63, 3.8) is 0 Å². The van der Waals surface area contributed by atoms with Crippen LogP contribution >= 0.6 is 0 Å². The van der Waals surface area contributed by atoms with E-state index in [1.807, 2.05) is 6.08 Å². The molecule has 2 aromatic rings. The van der Waals surface area contributed by atoms with Gasteiger partial charge in [0.1, 0.15) is 5.69 Å². The number of carbonyl (C=O) groups excluding carboxylic acids is 1. The molecule has 0 saturated heterocycles. The molecular formula is C22H22F3N5O3S. The molecule has 2 atom stereocenters. The minimum Gasteiger partial charge on any atom is -0.291 e. The number of H-pyrrole nitrogens is 1. The fourth-order valence-electron chi connectivity index (χ4n) is 4.71. The molecule has 0 bridgehead atoms. The highest BCUT2D eigenvalue weighted by molar-refractivity contribution is 8.04. The van der Waals surface area contributed by atoms with Crippen LogP contribution in [-0.2, 0) is 22.6 Å². The molecule has 1 saturated carbocycles. The van der Waals surface area contributed by atoms with Gasteiger partial charge in [-0.05, 0) is 55.5 Å². The van der Waals surface area contributed by atoms with Crippen LogP contribution < -0.4 is 0 Å². The second-order valence-corrected chi connectivity index (χ2v) is 10.4. The SMILES string of the molecule is C=CC(=N)S(=O)(=O)N(C)[C@H]1CCC2=Cc3[nH]ncc3C[C@]2(C(=O)c2ccc(C(F)(F)F)cn2)C1. The van der Waals surface area contributed by atoms with Crippen molar-refractivity contribution in [2.45, 2.75) is 37.9 Å². The number of ketones is 1. The second-order valence-electron chi connectivity index (χ2n) is 8.48. The summed E-state index contributed by atoms with van der Waals surface area (Å²) in [5.41, 5.74) is -0.0613. The molecule has 12 heteroatoms. The molecule has 4 rings (SSSR count). The minimum atomic E-state index is -4.59. The van der Waals surface area contributed by atoms with Crippen LogP contribution in [-0.4, -0.2) is 51.8 Å². The first-order chi connectivity index (χ1) is 15.9. The summed E-state index contributed by atoms with van der Waals surface area (Å²) in [6.07, 6.45) is 1.45. The van der Waals surface area contributed by atoms with E-state index < -0.39 is 44.0 Å². The largest absolute Gasteiger partial charge is 0.417 e. The van der Waals surface area contributed by atoms with Crippen LogP contribution in [0.2, 0.25) is 0 Å². The van der Waals surface area contributed by atoms with Gasteiger partial charge in [0.15, 0.2) is 10.8 Å². The van der Waals surface area contributed by atoms with Crippen LogP contribution in [0, 0.1) is 10.8 Å². The van der Waals surface area contributed by atoms with Crippen molar-refractivity contribution < 1.29 is 26.4 Å². The lowest BCUT2D eigenvalue weighted by Gasteiger charge is -2.45. The number of halogens is 3. The zero-order valence-electron chi connectivity index (χ0n) is 18.2. The standard InChI is InChI=1S/C22H22F3N5O3S/c1-3-19(26)34(32,33)30(2)16-6-4-14-8-18-13(11-28-29-18)9-21(14,10-16)20(31)17-7-5-15(12-27-17)22(23,24)25/h3,5,7-8,11-12,16,26H,1,4,6,9-10H2,2H3,(H,28,29)/t16-,21-/m0/s1. The first kappa shape index (κ1) is 24.0. The molecule has 0 aromatic carbocycles. The Morgan fingerprint density at radius 1 is 1.35 bits per heavy atom. The van der Waals surface area contributed by atoms with Crippen LogP contribution in [0.1, 0.15) is 46.6 Å². The fourth-order valence-corrected chi connectivity index (χ4v) is 5.80. The van der Waals surface area contributed by atoms with Gasteiger partial charge in [0.2, 0.25) is 0 Å². The monoisotopic (exact) mass is 493 g/mol. The van der Waals surface area contributed by atoms with E-state index in [2.05, 4.69) is 21.8 Å². The second kappa shape index (κ2) is 8.27. The summed E-state index contributed by atoms with van der Waals surface area (Å²) in [6.45, 7) is 3.35. The molecule has 2 N–H and O–H groups in total. The van der Waals surface area contributed by atoms with Gasteiger partial charge in [0, 0.05) is 19.3 Å². The normalized spacial score (nSPS) is 22.5. The van der Waals surface area contributed by atoms with Crippen molar-refractivity contribution in [2.75, 3.05) is 7.05 Å². The van der Waals surface area contributed by atoms with Crippen LogP contribution in [0.15, 0.2) is 42.8 Å². The van der Waals surface area contributed by atoms with Crippen molar-refractivity contribution in [2.24, 2.45) is 5.41 Å². The summed E-state index contributed by atoms with van der Waals surface area (Å²) in [7, 11) is -2.75. The third-order valence-electron chi connectivity index (χ3n) is 6.62. The number of nitrogens with one attached hydrogen (secondary N) is 2. The summed E-state index contributed by atoms with van der Waals surface area (Å²) in [6, 6.07) is 1.25.